The van der Waals surface area contributed by atoms with E-state index in [0.29, 0.717) is 12.5 Å². The Morgan fingerprint density at radius 1 is 1.47 bits per heavy atom. The van der Waals surface area contributed by atoms with E-state index in [4.69, 9.17) is 4.74 Å². The maximum absolute atomic E-state index is 12.0. The summed E-state index contributed by atoms with van der Waals surface area (Å²) < 4.78 is 5.38. The number of aliphatic hydroxyl groups is 1. The van der Waals surface area contributed by atoms with Crippen molar-refractivity contribution in [3.63, 3.8) is 0 Å². The number of likely N-dealkylation sites (tertiary alicyclic amines) is 1. The van der Waals surface area contributed by atoms with Gasteiger partial charge in [-0.25, -0.2) is 4.79 Å². The fourth-order valence-corrected chi connectivity index (χ4v) is 3.12. The van der Waals surface area contributed by atoms with Crippen molar-refractivity contribution in [3.05, 3.63) is 0 Å². The Bertz CT molecular complexity index is 323. The van der Waals surface area contributed by atoms with E-state index >= 15 is 0 Å². The molecule has 0 spiro atoms. The highest BCUT2D eigenvalue weighted by atomic mass is 16.6. The first kappa shape index (κ1) is 12.7. The van der Waals surface area contributed by atoms with E-state index in [9.17, 15) is 9.90 Å². The summed E-state index contributed by atoms with van der Waals surface area (Å²) in [5, 5.41) is 9.68. The van der Waals surface area contributed by atoms with Gasteiger partial charge in [0, 0.05) is 13.1 Å². The normalized spacial score (nSPS) is 37.1. The molecule has 1 saturated heterocycles. The van der Waals surface area contributed by atoms with Crippen LogP contribution in [0.15, 0.2) is 0 Å². The molecule has 2 fully saturated rings. The van der Waals surface area contributed by atoms with Crippen molar-refractivity contribution in [1.29, 1.82) is 0 Å². The molecule has 0 radical (unpaired) electrons. The van der Waals surface area contributed by atoms with Crippen molar-refractivity contribution < 1.29 is 14.6 Å². The molecule has 1 amide bonds. The lowest BCUT2D eigenvalue weighted by Gasteiger charge is -2.26. The molecule has 1 heterocycles. The lowest BCUT2D eigenvalue weighted by Crippen LogP contribution is -2.37. The van der Waals surface area contributed by atoms with Gasteiger partial charge in [0.1, 0.15) is 5.60 Å². The smallest absolute Gasteiger partial charge is 0.410 e. The van der Waals surface area contributed by atoms with E-state index in [-0.39, 0.29) is 17.6 Å². The topological polar surface area (TPSA) is 49.8 Å². The van der Waals surface area contributed by atoms with Gasteiger partial charge < -0.3 is 14.7 Å². The van der Waals surface area contributed by atoms with Gasteiger partial charge in [-0.3, -0.25) is 0 Å². The van der Waals surface area contributed by atoms with E-state index in [1.165, 1.54) is 0 Å². The highest BCUT2D eigenvalue weighted by molar-refractivity contribution is 5.68. The van der Waals surface area contributed by atoms with Crippen LogP contribution in [0.3, 0.4) is 0 Å². The third-order valence-electron chi connectivity index (χ3n) is 3.89. The molecular weight excluding hydrogens is 218 g/mol. The van der Waals surface area contributed by atoms with Gasteiger partial charge in [-0.15, -0.1) is 0 Å². The Labute approximate surface area is 103 Å². The summed E-state index contributed by atoms with van der Waals surface area (Å²) in [5.41, 5.74) is -0.356. The van der Waals surface area contributed by atoms with Gasteiger partial charge in [-0.1, -0.05) is 6.92 Å². The van der Waals surface area contributed by atoms with Crippen molar-refractivity contribution in [3.8, 4) is 0 Å². The number of amides is 1. The predicted octanol–water partition coefficient (Wildman–Crippen LogP) is 2.01. The summed E-state index contributed by atoms with van der Waals surface area (Å²) in [5.74, 6) is 0.421. The summed E-state index contributed by atoms with van der Waals surface area (Å²) in [6.07, 6.45) is 1.21. The summed E-state index contributed by atoms with van der Waals surface area (Å²) in [7, 11) is 0. The molecule has 0 unspecified atom stereocenters. The largest absolute Gasteiger partial charge is 0.444 e. The molecule has 1 saturated carbocycles. The third-order valence-corrected chi connectivity index (χ3v) is 3.89. The molecule has 0 bridgehead atoms. The fraction of sp³-hybridized carbons (Fsp3) is 0.923. The van der Waals surface area contributed by atoms with Crippen LogP contribution in [0.1, 0.15) is 40.5 Å². The van der Waals surface area contributed by atoms with Gasteiger partial charge in [0.15, 0.2) is 0 Å². The number of aliphatic hydroxyl groups excluding tert-OH is 1. The molecular formula is C13H23NO3. The minimum Gasteiger partial charge on any atom is -0.444 e. The maximum Gasteiger partial charge on any atom is 0.410 e. The van der Waals surface area contributed by atoms with Crippen molar-refractivity contribution in [2.45, 2.75) is 52.2 Å². The number of nitrogens with zero attached hydrogens (tertiary/aromatic N) is 1. The second-order valence-corrected chi connectivity index (χ2v) is 6.81. The molecule has 17 heavy (non-hydrogen) atoms. The molecule has 0 aromatic carbocycles. The molecule has 0 aromatic rings. The Balaban J connectivity index is 1.98. The first-order chi connectivity index (χ1) is 7.70. The Hall–Kier alpha value is -0.770. The number of ether oxygens (including phenoxy) is 1. The van der Waals surface area contributed by atoms with Crippen molar-refractivity contribution in [2.24, 2.45) is 11.3 Å². The monoisotopic (exact) mass is 241 g/mol. The molecule has 1 aliphatic carbocycles. The van der Waals surface area contributed by atoms with Gasteiger partial charge in [-0.05, 0) is 44.9 Å². The third kappa shape index (κ3) is 2.57. The van der Waals surface area contributed by atoms with Crippen LogP contribution in [0.5, 0.6) is 0 Å². The van der Waals surface area contributed by atoms with Crippen LogP contribution in [0.2, 0.25) is 0 Å². The van der Waals surface area contributed by atoms with Crippen molar-refractivity contribution in [2.75, 3.05) is 13.1 Å². The van der Waals surface area contributed by atoms with E-state index in [0.717, 1.165) is 19.4 Å². The van der Waals surface area contributed by atoms with Crippen LogP contribution in [0.25, 0.3) is 0 Å². The van der Waals surface area contributed by atoms with Gasteiger partial charge in [0.2, 0.25) is 0 Å². The number of hydrogen-bond acceptors (Lipinski definition) is 3. The summed E-state index contributed by atoms with van der Waals surface area (Å²) in [6, 6.07) is 0. The summed E-state index contributed by atoms with van der Waals surface area (Å²) in [4.78, 5) is 13.8. The molecule has 1 N–H and O–H groups in total. The van der Waals surface area contributed by atoms with Crippen LogP contribution in [-0.4, -0.2) is 40.9 Å². The molecule has 1 aliphatic heterocycles. The number of hydrogen-bond donors (Lipinski definition) is 1. The quantitative estimate of drug-likeness (QED) is 0.706. The number of rotatable bonds is 0. The number of fused-ring (bicyclic) bond motifs is 1. The molecule has 2 aliphatic rings. The summed E-state index contributed by atoms with van der Waals surface area (Å²) in [6.45, 7) is 9.25. The second kappa shape index (κ2) is 3.87. The molecule has 3 atom stereocenters. The van der Waals surface area contributed by atoms with Crippen LogP contribution < -0.4 is 0 Å². The average Bonchev–Trinajstić information content (AvgIpc) is 2.51. The van der Waals surface area contributed by atoms with Crippen LogP contribution in [-0.2, 0) is 4.74 Å². The van der Waals surface area contributed by atoms with Gasteiger partial charge in [-0.2, -0.15) is 0 Å². The highest BCUT2D eigenvalue weighted by Gasteiger charge is 2.51. The Kier molecular flexibility index (Phi) is 2.89. The number of carbonyl (C=O) groups is 1. The second-order valence-electron chi connectivity index (χ2n) is 6.81. The van der Waals surface area contributed by atoms with Gasteiger partial charge >= 0.3 is 6.09 Å². The standard InChI is InChI=1S/C13H23NO3/c1-12(2,3)17-11(16)14-7-9-5-10(15)6-13(9,4)8-14/h9-10,15H,5-8H2,1-4H3/t9-,10-,13+/m1/s1. The Morgan fingerprint density at radius 3 is 2.65 bits per heavy atom. The fourth-order valence-electron chi connectivity index (χ4n) is 3.12. The lowest BCUT2D eigenvalue weighted by molar-refractivity contribution is 0.0255. The summed E-state index contributed by atoms with van der Waals surface area (Å²) >= 11 is 0. The molecule has 4 nitrogen and oxygen atoms in total. The zero-order valence-electron chi connectivity index (χ0n) is 11.2. The van der Waals surface area contributed by atoms with Crippen LogP contribution >= 0.6 is 0 Å². The van der Waals surface area contributed by atoms with Gasteiger partial charge in [0.25, 0.3) is 0 Å². The van der Waals surface area contributed by atoms with Crippen LogP contribution in [0, 0.1) is 11.3 Å². The van der Waals surface area contributed by atoms with E-state index in [2.05, 4.69) is 6.92 Å². The lowest BCUT2D eigenvalue weighted by atomic mass is 9.83. The average molecular weight is 241 g/mol. The first-order valence-electron chi connectivity index (χ1n) is 6.36. The van der Waals surface area contributed by atoms with Crippen molar-refractivity contribution in [1.82, 2.24) is 4.90 Å². The molecule has 4 heteroatoms. The minimum absolute atomic E-state index is 0.0797. The molecule has 2 rings (SSSR count). The number of carbonyl (C=O) groups excluding carboxylic acids is 1. The van der Waals surface area contributed by atoms with Crippen LogP contribution in [0.4, 0.5) is 4.79 Å². The SMILES string of the molecule is CC(C)(C)OC(=O)N1C[C@H]2C[C@@H](O)C[C@@]2(C)C1. The maximum atomic E-state index is 12.0. The first-order valence-corrected chi connectivity index (χ1v) is 6.36. The van der Waals surface area contributed by atoms with E-state index in [1.54, 1.807) is 4.90 Å². The van der Waals surface area contributed by atoms with E-state index < -0.39 is 5.60 Å². The minimum atomic E-state index is -0.435. The zero-order chi connectivity index (χ0) is 12.8. The predicted molar refractivity (Wildman–Crippen MR) is 64.6 cm³/mol. The molecule has 98 valence electrons. The molecule has 0 aromatic heterocycles. The van der Waals surface area contributed by atoms with E-state index in [1.807, 2.05) is 20.8 Å². The Morgan fingerprint density at radius 2 is 2.12 bits per heavy atom. The zero-order valence-corrected chi connectivity index (χ0v) is 11.2. The van der Waals surface area contributed by atoms with Crippen molar-refractivity contribution >= 4 is 6.09 Å². The van der Waals surface area contributed by atoms with Gasteiger partial charge in [0.05, 0.1) is 6.10 Å². The highest BCUT2D eigenvalue weighted by Crippen LogP contribution is 2.48.